The Balaban J connectivity index is 1.76. The lowest BCUT2D eigenvalue weighted by molar-refractivity contribution is 0.102. The van der Waals surface area contributed by atoms with Crippen molar-refractivity contribution in [3.63, 3.8) is 0 Å². The SMILES string of the molecule is CC(=O)c1cc(CN2CCCC[C@H]2c2nc(C)no2)cs1. The summed E-state index contributed by atoms with van der Waals surface area (Å²) in [5.41, 5.74) is 1.19. The van der Waals surface area contributed by atoms with Gasteiger partial charge < -0.3 is 4.52 Å². The summed E-state index contributed by atoms with van der Waals surface area (Å²) in [7, 11) is 0. The number of aryl methyl sites for hydroxylation is 1. The molecule has 1 fully saturated rings. The molecule has 1 atom stereocenters. The Bertz CT molecular complexity index is 634. The number of likely N-dealkylation sites (tertiary alicyclic amines) is 1. The van der Waals surface area contributed by atoms with Gasteiger partial charge in [-0.05, 0) is 50.2 Å². The van der Waals surface area contributed by atoms with Gasteiger partial charge in [0.25, 0.3) is 0 Å². The van der Waals surface area contributed by atoms with E-state index in [4.69, 9.17) is 4.52 Å². The molecular weight excluding hydrogens is 286 g/mol. The van der Waals surface area contributed by atoms with E-state index in [-0.39, 0.29) is 11.8 Å². The number of Topliss-reactive ketones (excluding diaryl/α,β-unsaturated/α-hetero) is 1. The minimum atomic E-state index is 0.133. The minimum Gasteiger partial charge on any atom is -0.338 e. The third kappa shape index (κ3) is 3.22. The largest absolute Gasteiger partial charge is 0.338 e. The summed E-state index contributed by atoms with van der Waals surface area (Å²) in [6.07, 6.45) is 3.42. The van der Waals surface area contributed by atoms with Gasteiger partial charge in [0.1, 0.15) is 0 Å². The molecule has 0 aliphatic carbocycles. The van der Waals surface area contributed by atoms with Crippen molar-refractivity contribution in [2.45, 2.75) is 45.7 Å². The number of ketones is 1. The molecule has 3 rings (SSSR count). The third-order valence-electron chi connectivity index (χ3n) is 3.83. The number of hydrogen-bond donors (Lipinski definition) is 0. The Kier molecular flexibility index (Phi) is 4.17. The van der Waals surface area contributed by atoms with Gasteiger partial charge >= 0.3 is 0 Å². The maximum absolute atomic E-state index is 11.4. The lowest BCUT2D eigenvalue weighted by atomic mass is 10.0. The molecule has 1 aliphatic heterocycles. The maximum Gasteiger partial charge on any atom is 0.243 e. The molecule has 0 aromatic carbocycles. The highest BCUT2D eigenvalue weighted by Gasteiger charge is 2.28. The van der Waals surface area contributed by atoms with Crippen molar-refractivity contribution in [1.29, 1.82) is 0 Å². The van der Waals surface area contributed by atoms with Crippen LogP contribution in [0.3, 0.4) is 0 Å². The summed E-state index contributed by atoms with van der Waals surface area (Å²) >= 11 is 1.52. The molecule has 112 valence electrons. The Labute approximate surface area is 128 Å². The van der Waals surface area contributed by atoms with Gasteiger partial charge in [0, 0.05) is 6.54 Å². The normalized spacial score (nSPS) is 19.8. The predicted octanol–water partition coefficient (Wildman–Crippen LogP) is 3.37. The highest BCUT2D eigenvalue weighted by Crippen LogP contribution is 2.31. The molecule has 6 heteroatoms. The number of rotatable bonds is 4. The van der Waals surface area contributed by atoms with Gasteiger partial charge in [-0.3, -0.25) is 9.69 Å². The van der Waals surface area contributed by atoms with Gasteiger partial charge in [0.2, 0.25) is 5.89 Å². The smallest absolute Gasteiger partial charge is 0.243 e. The molecule has 0 spiro atoms. The average molecular weight is 305 g/mol. The van der Waals surface area contributed by atoms with Crippen molar-refractivity contribution in [1.82, 2.24) is 15.0 Å². The van der Waals surface area contributed by atoms with E-state index in [0.29, 0.717) is 11.7 Å². The Morgan fingerprint density at radius 1 is 1.52 bits per heavy atom. The third-order valence-corrected chi connectivity index (χ3v) is 4.91. The van der Waals surface area contributed by atoms with Crippen LogP contribution in [0.5, 0.6) is 0 Å². The molecule has 0 saturated carbocycles. The van der Waals surface area contributed by atoms with E-state index in [1.165, 1.54) is 29.7 Å². The number of thiophene rings is 1. The maximum atomic E-state index is 11.4. The van der Waals surface area contributed by atoms with Gasteiger partial charge in [-0.1, -0.05) is 11.6 Å². The van der Waals surface area contributed by atoms with Crippen LogP contribution in [0.4, 0.5) is 0 Å². The lowest BCUT2D eigenvalue weighted by Crippen LogP contribution is -2.33. The van der Waals surface area contributed by atoms with Gasteiger partial charge in [-0.25, -0.2) is 0 Å². The van der Waals surface area contributed by atoms with E-state index in [9.17, 15) is 4.79 Å². The van der Waals surface area contributed by atoms with Crippen LogP contribution in [-0.4, -0.2) is 27.4 Å². The van der Waals surface area contributed by atoms with Crippen LogP contribution in [0, 0.1) is 6.92 Å². The van der Waals surface area contributed by atoms with E-state index >= 15 is 0 Å². The number of hydrogen-bond acceptors (Lipinski definition) is 6. The van der Waals surface area contributed by atoms with Crippen molar-refractivity contribution in [3.05, 3.63) is 33.6 Å². The van der Waals surface area contributed by atoms with E-state index in [0.717, 1.165) is 24.4 Å². The first-order chi connectivity index (χ1) is 10.1. The first kappa shape index (κ1) is 14.4. The van der Waals surface area contributed by atoms with Crippen molar-refractivity contribution >= 4 is 17.1 Å². The Hall–Kier alpha value is -1.53. The van der Waals surface area contributed by atoms with Gasteiger partial charge in [-0.15, -0.1) is 11.3 Å². The summed E-state index contributed by atoms with van der Waals surface area (Å²) in [6.45, 7) is 5.31. The van der Waals surface area contributed by atoms with Gasteiger partial charge in [0.15, 0.2) is 11.6 Å². The van der Waals surface area contributed by atoms with Crippen molar-refractivity contribution in [2.75, 3.05) is 6.54 Å². The second-order valence-electron chi connectivity index (χ2n) is 5.54. The summed E-state index contributed by atoms with van der Waals surface area (Å²) in [5.74, 6) is 1.54. The molecule has 2 aromatic heterocycles. The fourth-order valence-corrected chi connectivity index (χ4v) is 3.59. The Morgan fingerprint density at radius 2 is 2.38 bits per heavy atom. The van der Waals surface area contributed by atoms with E-state index in [1.54, 1.807) is 6.92 Å². The zero-order valence-electron chi connectivity index (χ0n) is 12.3. The molecule has 21 heavy (non-hydrogen) atoms. The van der Waals surface area contributed by atoms with Crippen LogP contribution in [0.2, 0.25) is 0 Å². The van der Waals surface area contributed by atoms with Crippen molar-refractivity contribution in [2.24, 2.45) is 0 Å². The topological polar surface area (TPSA) is 59.2 Å². The average Bonchev–Trinajstić information content (AvgIpc) is 3.09. The van der Waals surface area contributed by atoms with Crippen LogP contribution < -0.4 is 0 Å². The second-order valence-corrected chi connectivity index (χ2v) is 6.45. The minimum absolute atomic E-state index is 0.133. The predicted molar refractivity (Wildman–Crippen MR) is 80.4 cm³/mol. The summed E-state index contributed by atoms with van der Waals surface area (Å²) in [4.78, 5) is 19.0. The number of carbonyl (C=O) groups excluding carboxylic acids is 1. The van der Waals surface area contributed by atoms with Gasteiger partial charge in [0.05, 0.1) is 10.9 Å². The van der Waals surface area contributed by atoms with E-state index < -0.39 is 0 Å². The number of nitrogens with zero attached hydrogens (tertiary/aromatic N) is 3. The number of carbonyl (C=O) groups is 1. The quantitative estimate of drug-likeness (QED) is 0.811. The van der Waals surface area contributed by atoms with Crippen LogP contribution in [0.15, 0.2) is 16.0 Å². The summed E-state index contributed by atoms with van der Waals surface area (Å²) < 4.78 is 5.36. The van der Waals surface area contributed by atoms with Crippen LogP contribution >= 0.6 is 11.3 Å². The zero-order valence-corrected chi connectivity index (χ0v) is 13.2. The summed E-state index contributed by atoms with van der Waals surface area (Å²) in [6, 6.07) is 2.19. The van der Waals surface area contributed by atoms with E-state index in [1.807, 2.05) is 13.0 Å². The van der Waals surface area contributed by atoms with Crippen LogP contribution in [0.1, 0.15) is 59.2 Å². The first-order valence-electron chi connectivity index (χ1n) is 7.26. The molecule has 0 radical (unpaired) electrons. The molecule has 0 amide bonds. The van der Waals surface area contributed by atoms with Crippen molar-refractivity contribution in [3.8, 4) is 0 Å². The standard InChI is InChI=1S/C15H19N3O2S/c1-10(19)14-7-12(9-21-14)8-18-6-4-3-5-13(18)15-16-11(2)17-20-15/h7,9,13H,3-6,8H2,1-2H3/t13-/m0/s1. The zero-order chi connectivity index (χ0) is 14.8. The lowest BCUT2D eigenvalue weighted by Gasteiger charge is -2.33. The molecule has 5 nitrogen and oxygen atoms in total. The second kappa shape index (κ2) is 6.07. The molecule has 3 heterocycles. The van der Waals surface area contributed by atoms with Crippen molar-refractivity contribution < 1.29 is 9.32 Å². The van der Waals surface area contributed by atoms with E-state index in [2.05, 4.69) is 20.4 Å². The number of piperidine rings is 1. The first-order valence-corrected chi connectivity index (χ1v) is 8.14. The highest BCUT2D eigenvalue weighted by molar-refractivity contribution is 7.12. The fourth-order valence-electron chi connectivity index (χ4n) is 2.79. The van der Waals surface area contributed by atoms with Crippen LogP contribution in [0.25, 0.3) is 0 Å². The monoisotopic (exact) mass is 305 g/mol. The van der Waals surface area contributed by atoms with Gasteiger partial charge in [-0.2, -0.15) is 4.98 Å². The molecule has 1 aliphatic rings. The molecule has 1 saturated heterocycles. The Morgan fingerprint density at radius 3 is 3.05 bits per heavy atom. The fraction of sp³-hybridized carbons (Fsp3) is 0.533. The highest BCUT2D eigenvalue weighted by atomic mass is 32.1. The summed E-state index contributed by atoms with van der Waals surface area (Å²) in [5, 5.41) is 5.98. The molecule has 0 bridgehead atoms. The van der Waals surface area contributed by atoms with Crippen LogP contribution in [-0.2, 0) is 6.54 Å². The molecule has 2 aromatic rings. The molecule has 0 unspecified atom stereocenters. The molecular formula is C15H19N3O2S. The molecule has 0 N–H and O–H groups in total. The number of aromatic nitrogens is 2.